The molecule has 0 bridgehead atoms. The molecule has 0 atom stereocenters. The van der Waals surface area contributed by atoms with Gasteiger partial charge in [0.1, 0.15) is 5.78 Å². The molecule has 0 saturated heterocycles. The van der Waals surface area contributed by atoms with E-state index >= 15 is 0 Å². The van der Waals surface area contributed by atoms with Crippen molar-refractivity contribution in [1.29, 1.82) is 0 Å². The summed E-state index contributed by atoms with van der Waals surface area (Å²) in [5.74, 6) is -0.824. The Morgan fingerprint density at radius 3 is 2.62 bits per heavy atom. The maximum absolute atomic E-state index is 11.0. The van der Waals surface area contributed by atoms with Gasteiger partial charge in [0.05, 0.1) is 0 Å². The average molecular weight is 182 g/mol. The second-order valence-corrected chi connectivity index (χ2v) is 2.70. The second kappa shape index (κ2) is 3.98. The highest BCUT2D eigenvalue weighted by Gasteiger charge is 2.22. The average Bonchev–Trinajstić information content (AvgIpc) is 2.44. The molecule has 1 aliphatic rings. The van der Waals surface area contributed by atoms with Gasteiger partial charge in [-0.2, -0.15) is 0 Å². The molecule has 0 fully saturated rings. The van der Waals surface area contributed by atoms with Gasteiger partial charge < -0.3 is 0 Å². The quantitative estimate of drug-likeness (QED) is 0.587. The summed E-state index contributed by atoms with van der Waals surface area (Å²) in [6.45, 7) is 0.183. The van der Waals surface area contributed by atoms with Crippen LogP contribution in [0.25, 0.3) is 0 Å². The van der Waals surface area contributed by atoms with Gasteiger partial charge in [0, 0.05) is 32.9 Å². The SMILES string of the molecule is [2H]CCC(=O)CCN1C(=O)C=CC1=O. The van der Waals surface area contributed by atoms with Gasteiger partial charge >= 0.3 is 0 Å². The molecule has 0 saturated carbocycles. The van der Waals surface area contributed by atoms with Gasteiger partial charge in [0.2, 0.25) is 0 Å². The zero-order chi connectivity index (χ0) is 10.6. The van der Waals surface area contributed by atoms with Crippen molar-refractivity contribution in [2.45, 2.75) is 19.7 Å². The molecule has 0 unspecified atom stereocenters. The van der Waals surface area contributed by atoms with E-state index in [4.69, 9.17) is 1.37 Å². The molecule has 1 aliphatic heterocycles. The molecule has 0 radical (unpaired) electrons. The van der Waals surface area contributed by atoms with Crippen LogP contribution in [0.4, 0.5) is 0 Å². The number of rotatable bonds is 4. The number of imide groups is 1. The van der Waals surface area contributed by atoms with Gasteiger partial charge in [-0.15, -0.1) is 0 Å². The van der Waals surface area contributed by atoms with Crippen LogP contribution in [0.1, 0.15) is 21.1 Å². The molecule has 1 heterocycles. The first kappa shape index (κ1) is 8.16. The van der Waals surface area contributed by atoms with Crippen LogP contribution in [0.2, 0.25) is 0 Å². The number of hydrogen-bond donors (Lipinski definition) is 0. The Kier molecular flexibility index (Phi) is 2.50. The zero-order valence-electron chi connectivity index (χ0n) is 8.16. The molecule has 0 aromatic heterocycles. The molecule has 13 heavy (non-hydrogen) atoms. The maximum atomic E-state index is 11.0. The fraction of sp³-hybridized carbons (Fsp3) is 0.444. The van der Waals surface area contributed by atoms with E-state index in [1.165, 1.54) is 12.2 Å². The monoisotopic (exact) mass is 182 g/mol. The minimum absolute atomic E-state index is 0.0545. The van der Waals surface area contributed by atoms with Crippen LogP contribution in [-0.4, -0.2) is 29.0 Å². The summed E-state index contributed by atoms with van der Waals surface area (Å²) >= 11 is 0. The van der Waals surface area contributed by atoms with Gasteiger partial charge in [-0.3, -0.25) is 19.3 Å². The van der Waals surface area contributed by atoms with Crippen molar-refractivity contribution >= 4 is 17.6 Å². The van der Waals surface area contributed by atoms with Crippen molar-refractivity contribution in [3.05, 3.63) is 12.2 Å². The second-order valence-electron chi connectivity index (χ2n) is 2.70. The molecule has 4 nitrogen and oxygen atoms in total. The van der Waals surface area contributed by atoms with E-state index in [2.05, 4.69) is 0 Å². The van der Waals surface area contributed by atoms with E-state index in [0.29, 0.717) is 0 Å². The predicted octanol–water partition coefficient (Wildman–Crippen LogP) is 0.281. The summed E-state index contributed by atoms with van der Waals surface area (Å²) in [7, 11) is 0. The number of ketones is 1. The Morgan fingerprint density at radius 2 is 2.08 bits per heavy atom. The van der Waals surface area contributed by atoms with Crippen molar-refractivity contribution in [3.8, 4) is 0 Å². The van der Waals surface area contributed by atoms with Gasteiger partial charge in [0.15, 0.2) is 0 Å². The van der Waals surface area contributed by atoms with E-state index in [-0.39, 0.29) is 43.9 Å². The number of amides is 2. The van der Waals surface area contributed by atoms with E-state index in [1.807, 2.05) is 0 Å². The number of Topliss-reactive ketones (excluding diaryl/α,β-unsaturated/α-hetero) is 1. The molecular formula is C9H11NO3. The Morgan fingerprint density at radius 1 is 1.46 bits per heavy atom. The predicted molar refractivity (Wildman–Crippen MR) is 45.8 cm³/mol. The fourth-order valence-corrected chi connectivity index (χ4v) is 1.01. The summed E-state index contributed by atoms with van der Waals surface area (Å²) in [5.41, 5.74) is 0. The number of carbonyl (C=O) groups is 3. The lowest BCUT2D eigenvalue weighted by Gasteiger charge is -2.11. The van der Waals surface area contributed by atoms with Crippen LogP contribution in [0.5, 0.6) is 0 Å². The fourth-order valence-electron chi connectivity index (χ4n) is 1.01. The molecule has 0 N–H and O–H groups in total. The lowest BCUT2D eigenvalue weighted by Crippen LogP contribution is -2.31. The van der Waals surface area contributed by atoms with E-state index in [1.54, 1.807) is 0 Å². The zero-order valence-corrected chi connectivity index (χ0v) is 7.16. The van der Waals surface area contributed by atoms with E-state index in [0.717, 1.165) is 4.90 Å². The Hall–Kier alpha value is -1.45. The first-order chi connectivity index (χ1) is 6.65. The largest absolute Gasteiger partial charge is 0.300 e. The molecule has 4 heteroatoms. The minimum atomic E-state index is -0.367. The lowest BCUT2D eigenvalue weighted by molar-refractivity contribution is -0.137. The number of hydrogen-bond acceptors (Lipinski definition) is 3. The molecule has 0 aliphatic carbocycles. The minimum Gasteiger partial charge on any atom is -0.300 e. The summed E-state index contributed by atoms with van der Waals surface area (Å²) in [5, 5.41) is 0. The third-order valence-corrected chi connectivity index (χ3v) is 1.79. The number of carbonyl (C=O) groups excluding carboxylic acids is 3. The van der Waals surface area contributed by atoms with Crippen molar-refractivity contribution < 1.29 is 15.8 Å². The molecule has 2 amide bonds. The van der Waals surface area contributed by atoms with Crippen molar-refractivity contribution in [3.63, 3.8) is 0 Å². The van der Waals surface area contributed by atoms with Gasteiger partial charge in [0.25, 0.3) is 11.8 Å². The standard InChI is InChI=1S/C9H11NO3/c1-2-7(11)5-6-10-8(12)3-4-9(10)13/h3-4H,2,5-6H2,1H3/i1D. The van der Waals surface area contributed by atoms with Crippen LogP contribution in [0, 0.1) is 0 Å². The van der Waals surface area contributed by atoms with Crippen molar-refractivity contribution in [2.24, 2.45) is 0 Å². The van der Waals surface area contributed by atoms with Crippen LogP contribution in [0.15, 0.2) is 12.2 Å². The molecule has 70 valence electrons. The molecule has 0 spiro atoms. The first-order valence-corrected chi connectivity index (χ1v) is 3.99. The molecular weight excluding hydrogens is 170 g/mol. The van der Waals surface area contributed by atoms with Gasteiger partial charge in [-0.05, 0) is 0 Å². The van der Waals surface area contributed by atoms with Crippen molar-refractivity contribution in [2.75, 3.05) is 6.54 Å². The Balaban J connectivity index is 2.35. The van der Waals surface area contributed by atoms with Gasteiger partial charge in [-0.25, -0.2) is 0 Å². The smallest absolute Gasteiger partial charge is 0.253 e. The first-order valence-electron chi connectivity index (χ1n) is 4.70. The highest BCUT2D eigenvalue weighted by atomic mass is 16.2. The summed E-state index contributed by atoms with van der Waals surface area (Å²) in [6.07, 6.45) is 2.72. The van der Waals surface area contributed by atoms with Crippen LogP contribution >= 0.6 is 0 Å². The van der Waals surface area contributed by atoms with Crippen LogP contribution in [0.3, 0.4) is 0 Å². The Bertz CT molecular complexity index is 280. The lowest BCUT2D eigenvalue weighted by atomic mass is 10.2. The van der Waals surface area contributed by atoms with Gasteiger partial charge in [-0.1, -0.05) is 6.90 Å². The Labute approximate surface area is 77.6 Å². The highest BCUT2D eigenvalue weighted by Crippen LogP contribution is 2.04. The van der Waals surface area contributed by atoms with Crippen LogP contribution < -0.4 is 0 Å². The maximum Gasteiger partial charge on any atom is 0.253 e. The summed E-state index contributed by atoms with van der Waals surface area (Å²) < 4.78 is 6.82. The topological polar surface area (TPSA) is 54.5 Å². The molecule has 1 rings (SSSR count). The molecule has 0 aromatic rings. The van der Waals surface area contributed by atoms with Crippen molar-refractivity contribution in [1.82, 2.24) is 4.90 Å². The van der Waals surface area contributed by atoms with E-state index in [9.17, 15) is 14.4 Å². The highest BCUT2D eigenvalue weighted by molar-refractivity contribution is 6.13. The summed E-state index contributed by atoms with van der Waals surface area (Å²) in [4.78, 5) is 34.1. The van der Waals surface area contributed by atoms with E-state index < -0.39 is 0 Å². The molecule has 0 aromatic carbocycles. The normalized spacial score (nSPS) is 16.6. The third kappa shape index (κ3) is 2.24. The number of nitrogens with zero attached hydrogens (tertiary/aromatic N) is 1. The summed E-state index contributed by atoms with van der Waals surface area (Å²) in [6, 6.07) is 0. The third-order valence-electron chi connectivity index (χ3n) is 1.79. The van der Waals surface area contributed by atoms with Crippen LogP contribution in [-0.2, 0) is 14.4 Å².